The Hall–Kier alpha value is -4.41. The molecule has 192 valence electrons. The number of nitriles is 1. The van der Waals surface area contributed by atoms with Gasteiger partial charge in [-0.3, -0.25) is 14.4 Å². The molecule has 14 heteroatoms. The minimum Gasteiger partial charge on any atom is -0.348 e. The maximum atomic E-state index is 14.2. The molecule has 3 heterocycles. The van der Waals surface area contributed by atoms with E-state index in [1.54, 1.807) is 0 Å². The van der Waals surface area contributed by atoms with Crippen LogP contribution in [0.25, 0.3) is 10.1 Å². The Morgan fingerprint density at radius 3 is 2.76 bits per heavy atom. The Balaban J connectivity index is 1.62. The highest BCUT2D eigenvalue weighted by Crippen LogP contribution is 2.36. The highest BCUT2D eigenvalue weighted by Gasteiger charge is 2.36. The highest BCUT2D eigenvalue weighted by molar-refractivity contribution is 7.13. The first kappa shape index (κ1) is 25.2. The molecule has 2 aromatic heterocycles. The molecule has 5 rings (SSSR count). The van der Waals surface area contributed by atoms with E-state index >= 15 is 0 Å². The maximum absolute atomic E-state index is 14.2. The Morgan fingerprint density at radius 2 is 1.97 bits per heavy atom. The molecular weight excluding hydrogens is 540 g/mol. The fraction of sp³-hybridized carbons (Fsp3) is 0.167. The molecule has 0 radical (unpaired) electrons. The van der Waals surface area contributed by atoms with E-state index in [4.69, 9.17) is 16.9 Å². The molecular formula is C24H16ClF2N7O3S. The fourth-order valence-corrected chi connectivity index (χ4v) is 5.10. The van der Waals surface area contributed by atoms with Gasteiger partial charge < -0.3 is 20.5 Å². The van der Waals surface area contributed by atoms with Gasteiger partial charge in [0.2, 0.25) is 11.7 Å². The second kappa shape index (κ2) is 10.2. The zero-order chi connectivity index (χ0) is 27.0. The van der Waals surface area contributed by atoms with Crippen molar-refractivity contribution in [2.24, 2.45) is 0 Å². The van der Waals surface area contributed by atoms with Gasteiger partial charge in [-0.05, 0) is 47.9 Å². The highest BCUT2D eigenvalue weighted by atomic mass is 35.5. The van der Waals surface area contributed by atoms with Gasteiger partial charge >= 0.3 is 0 Å². The summed E-state index contributed by atoms with van der Waals surface area (Å²) in [7, 11) is 0. The van der Waals surface area contributed by atoms with Crippen LogP contribution >= 0.6 is 23.1 Å². The minimum absolute atomic E-state index is 0.0287. The molecule has 1 aliphatic rings. The van der Waals surface area contributed by atoms with Crippen LogP contribution in [0.4, 0.5) is 14.6 Å². The van der Waals surface area contributed by atoms with Crippen molar-refractivity contribution in [3.63, 3.8) is 0 Å². The number of carbonyl (C=O) groups excluding carboxylic acids is 3. The van der Waals surface area contributed by atoms with Crippen LogP contribution in [0.1, 0.15) is 44.8 Å². The third-order valence-corrected chi connectivity index (χ3v) is 6.93. The van der Waals surface area contributed by atoms with E-state index in [1.807, 2.05) is 6.07 Å². The number of fused-ring (bicyclic) bond motifs is 2. The van der Waals surface area contributed by atoms with Gasteiger partial charge in [0, 0.05) is 22.5 Å². The number of aromatic nitrogens is 3. The summed E-state index contributed by atoms with van der Waals surface area (Å²) in [5.41, 5.74) is 0.280. The SMILES string of the molecule is N#CCCNC(=O)c1nc(NC(=O)c2nsc3ccc(F)cc23)c2n1CC(=O)NC2c1cc(F)ccc1Cl. The van der Waals surface area contributed by atoms with Gasteiger partial charge in [-0.25, -0.2) is 13.8 Å². The Morgan fingerprint density at radius 1 is 1.21 bits per heavy atom. The van der Waals surface area contributed by atoms with E-state index in [2.05, 4.69) is 25.3 Å². The number of imidazole rings is 1. The van der Waals surface area contributed by atoms with E-state index in [0.717, 1.165) is 23.7 Å². The van der Waals surface area contributed by atoms with Gasteiger partial charge in [0.1, 0.15) is 23.9 Å². The molecule has 2 aromatic carbocycles. The lowest BCUT2D eigenvalue weighted by atomic mass is 10.0. The van der Waals surface area contributed by atoms with Crippen LogP contribution in [0.3, 0.4) is 0 Å². The zero-order valence-electron chi connectivity index (χ0n) is 19.2. The van der Waals surface area contributed by atoms with Gasteiger partial charge in [-0.2, -0.15) is 9.64 Å². The standard InChI is InChI=1S/C24H16ClF2N7O3S/c25-15-4-2-11(26)8-13(15)18-20-21(32-23(36)19-14-9-12(27)3-5-16(14)38-33-19)31-22(24(37)29-7-1-6-28)34(20)10-17(35)30-18/h2-5,8-9,18H,1,7,10H2,(H,29,37)(H,30,35)(H,32,36). The van der Waals surface area contributed by atoms with Crippen LogP contribution < -0.4 is 16.0 Å². The van der Waals surface area contributed by atoms with Gasteiger partial charge in [-0.1, -0.05) is 11.6 Å². The molecule has 1 unspecified atom stereocenters. The largest absolute Gasteiger partial charge is 0.348 e. The van der Waals surface area contributed by atoms with Crippen LogP contribution in [-0.2, 0) is 11.3 Å². The third kappa shape index (κ3) is 4.67. The average Bonchev–Trinajstić information content (AvgIpc) is 3.46. The Labute approximate surface area is 222 Å². The van der Waals surface area contributed by atoms with Crippen LogP contribution in [0, 0.1) is 23.0 Å². The number of amides is 3. The van der Waals surface area contributed by atoms with E-state index < -0.39 is 35.4 Å². The monoisotopic (exact) mass is 555 g/mol. The molecule has 0 spiro atoms. The van der Waals surface area contributed by atoms with Crippen molar-refractivity contribution < 1.29 is 23.2 Å². The molecule has 0 bridgehead atoms. The van der Waals surface area contributed by atoms with E-state index in [-0.39, 0.29) is 58.5 Å². The van der Waals surface area contributed by atoms with Gasteiger partial charge in [0.15, 0.2) is 5.82 Å². The van der Waals surface area contributed by atoms with Crippen molar-refractivity contribution in [1.82, 2.24) is 24.6 Å². The van der Waals surface area contributed by atoms with Crippen molar-refractivity contribution >= 4 is 56.8 Å². The van der Waals surface area contributed by atoms with E-state index in [1.165, 1.54) is 28.8 Å². The lowest BCUT2D eigenvalue weighted by Gasteiger charge is -2.28. The normalized spacial score (nSPS) is 14.5. The second-order valence-electron chi connectivity index (χ2n) is 8.21. The predicted molar refractivity (Wildman–Crippen MR) is 134 cm³/mol. The lowest BCUT2D eigenvalue weighted by molar-refractivity contribution is -0.123. The number of anilines is 1. The predicted octanol–water partition coefficient (Wildman–Crippen LogP) is 3.54. The molecule has 1 aliphatic heterocycles. The first-order chi connectivity index (χ1) is 18.3. The molecule has 4 aromatic rings. The smallest absolute Gasteiger partial charge is 0.287 e. The molecule has 38 heavy (non-hydrogen) atoms. The van der Waals surface area contributed by atoms with Crippen molar-refractivity contribution in [2.75, 3.05) is 11.9 Å². The summed E-state index contributed by atoms with van der Waals surface area (Å²) in [5, 5.41) is 17.0. The molecule has 3 N–H and O–H groups in total. The van der Waals surface area contributed by atoms with Crippen molar-refractivity contribution in [2.45, 2.75) is 19.0 Å². The quantitative estimate of drug-likeness (QED) is 0.311. The average molecular weight is 556 g/mol. The first-order valence-electron chi connectivity index (χ1n) is 11.1. The maximum Gasteiger partial charge on any atom is 0.287 e. The Kier molecular flexibility index (Phi) is 6.75. The van der Waals surface area contributed by atoms with Gasteiger partial charge in [0.05, 0.1) is 28.9 Å². The number of carbonyl (C=O) groups is 3. The number of benzene rings is 2. The minimum atomic E-state index is -1.08. The summed E-state index contributed by atoms with van der Waals surface area (Å²) in [5.74, 6) is -3.43. The van der Waals surface area contributed by atoms with Gasteiger partial charge in [0.25, 0.3) is 11.8 Å². The number of nitrogens with zero attached hydrogens (tertiary/aromatic N) is 4. The zero-order valence-corrected chi connectivity index (χ0v) is 20.8. The van der Waals surface area contributed by atoms with E-state index in [9.17, 15) is 23.2 Å². The Bertz CT molecular complexity index is 1660. The number of hydrogen-bond donors (Lipinski definition) is 3. The molecule has 0 saturated heterocycles. The third-order valence-electron chi connectivity index (χ3n) is 5.76. The molecule has 0 fully saturated rings. The number of hydrogen-bond acceptors (Lipinski definition) is 7. The number of nitrogens with one attached hydrogen (secondary N) is 3. The van der Waals surface area contributed by atoms with Crippen LogP contribution in [0.5, 0.6) is 0 Å². The lowest BCUT2D eigenvalue weighted by Crippen LogP contribution is -2.41. The molecule has 1 atom stereocenters. The molecule has 0 aliphatic carbocycles. The topological polar surface area (TPSA) is 142 Å². The molecule has 10 nitrogen and oxygen atoms in total. The fourth-order valence-electron chi connectivity index (χ4n) is 4.12. The second-order valence-corrected chi connectivity index (χ2v) is 9.42. The van der Waals surface area contributed by atoms with Crippen LogP contribution in [0.2, 0.25) is 5.02 Å². The summed E-state index contributed by atoms with van der Waals surface area (Å²) in [6, 6.07) is 8.35. The summed E-state index contributed by atoms with van der Waals surface area (Å²) in [6.45, 7) is -0.297. The summed E-state index contributed by atoms with van der Waals surface area (Å²) in [6.07, 6.45) is 0.0400. The summed E-state index contributed by atoms with van der Waals surface area (Å²) < 4.78 is 34.0. The van der Waals surface area contributed by atoms with E-state index in [0.29, 0.717) is 4.70 Å². The summed E-state index contributed by atoms with van der Waals surface area (Å²) in [4.78, 5) is 43.1. The van der Waals surface area contributed by atoms with Crippen molar-refractivity contribution in [3.05, 3.63) is 75.8 Å². The van der Waals surface area contributed by atoms with Gasteiger partial charge in [-0.15, -0.1) is 0 Å². The van der Waals surface area contributed by atoms with Crippen LogP contribution in [-0.4, -0.2) is 38.2 Å². The van der Waals surface area contributed by atoms with Crippen LogP contribution in [0.15, 0.2) is 36.4 Å². The molecule has 0 saturated carbocycles. The van der Waals surface area contributed by atoms with Crippen molar-refractivity contribution in [3.8, 4) is 6.07 Å². The molecule has 3 amide bonds. The first-order valence-corrected chi connectivity index (χ1v) is 12.3. The van der Waals surface area contributed by atoms with Crippen molar-refractivity contribution in [1.29, 1.82) is 5.26 Å². The number of rotatable bonds is 6. The number of halogens is 3. The summed E-state index contributed by atoms with van der Waals surface area (Å²) >= 11 is 7.33.